The number of urea groups is 1. The molecule has 174 valence electrons. The number of carbonyl (C=O) groups excluding carboxylic acids is 2. The zero-order chi connectivity index (χ0) is 24.0. The molecule has 1 unspecified atom stereocenters. The minimum absolute atomic E-state index is 0.00715. The van der Waals surface area contributed by atoms with Crippen molar-refractivity contribution in [3.05, 3.63) is 81.0 Å². The van der Waals surface area contributed by atoms with Crippen molar-refractivity contribution in [2.24, 2.45) is 0 Å². The molecule has 0 saturated heterocycles. The Bertz CT molecular complexity index is 1070. The quantitative estimate of drug-likeness (QED) is 0.365. The van der Waals surface area contributed by atoms with Crippen molar-refractivity contribution in [1.82, 2.24) is 10.2 Å². The number of allylic oxidation sites excluding steroid dienone is 1. The van der Waals surface area contributed by atoms with Gasteiger partial charge in [0.1, 0.15) is 6.61 Å². The smallest absolute Gasteiger partial charge is 0.338 e. The lowest BCUT2D eigenvalue weighted by molar-refractivity contribution is -0.141. The van der Waals surface area contributed by atoms with Gasteiger partial charge in [0.25, 0.3) is 0 Å². The summed E-state index contributed by atoms with van der Waals surface area (Å²) >= 11 is 12.4. The van der Waals surface area contributed by atoms with E-state index in [0.29, 0.717) is 34.1 Å². The highest BCUT2D eigenvalue weighted by atomic mass is 35.5. The maximum atomic E-state index is 13.2. The molecule has 0 bridgehead atoms. The lowest BCUT2D eigenvalue weighted by Crippen LogP contribution is -2.48. The van der Waals surface area contributed by atoms with Crippen molar-refractivity contribution in [3.63, 3.8) is 0 Å². The molecular formula is C24H24Cl2N2O5. The summed E-state index contributed by atoms with van der Waals surface area (Å²) in [6.07, 6.45) is 0.885. The van der Waals surface area contributed by atoms with Crippen LogP contribution in [0.1, 0.15) is 43.4 Å². The number of rotatable bonds is 9. The molecule has 2 amide bonds. The van der Waals surface area contributed by atoms with Crippen molar-refractivity contribution < 1.29 is 24.2 Å². The van der Waals surface area contributed by atoms with Crippen LogP contribution in [0.15, 0.2) is 59.8 Å². The molecule has 2 aromatic carbocycles. The topological polar surface area (TPSA) is 95.9 Å². The lowest BCUT2D eigenvalue weighted by Gasteiger charge is -2.35. The zero-order valence-corrected chi connectivity index (χ0v) is 19.5. The predicted octanol–water partition coefficient (Wildman–Crippen LogP) is 5.33. The Hall–Kier alpha value is -3.03. The molecule has 1 aliphatic heterocycles. The van der Waals surface area contributed by atoms with E-state index in [1.807, 2.05) is 30.3 Å². The van der Waals surface area contributed by atoms with E-state index in [4.69, 9.17) is 33.0 Å². The number of amides is 2. The van der Waals surface area contributed by atoms with E-state index < -0.39 is 24.0 Å². The number of hydrogen-bond donors (Lipinski definition) is 2. The number of carboxylic acid groups (broad SMARTS) is 1. The van der Waals surface area contributed by atoms with Gasteiger partial charge in [-0.05, 0) is 43.0 Å². The van der Waals surface area contributed by atoms with E-state index in [1.165, 1.54) is 4.90 Å². The van der Waals surface area contributed by atoms with Crippen molar-refractivity contribution >= 4 is 41.2 Å². The number of nitrogens with zero attached hydrogens (tertiary/aromatic N) is 1. The number of unbranched alkanes of at least 4 members (excludes halogenated alkanes) is 1. The van der Waals surface area contributed by atoms with Gasteiger partial charge in [0.2, 0.25) is 0 Å². The molecule has 7 nitrogen and oxygen atoms in total. The van der Waals surface area contributed by atoms with Gasteiger partial charge >= 0.3 is 18.0 Å². The van der Waals surface area contributed by atoms with Gasteiger partial charge in [0.15, 0.2) is 0 Å². The Kier molecular flexibility index (Phi) is 8.36. The summed E-state index contributed by atoms with van der Waals surface area (Å²) in [7, 11) is 0. The molecule has 1 heterocycles. The van der Waals surface area contributed by atoms with Crippen molar-refractivity contribution in [1.29, 1.82) is 0 Å². The highest BCUT2D eigenvalue weighted by Gasteiger charge is 2.37. The molecule has 2 aromatic rings. The van der Waals surface area contributed by atoms with Crippen molar-refractivity contribution in [3.8, 4) is 0 Å². The molecule has 1 aliphatic rings. The molecule has 3 rings (SSSR count). The monoisotopic (exact) mass is 490 g/mol. The summed E-state index contributed by atoms with van der Waals surface area (Å²) < 4.78 is 5.57. The zero-order valence-electron chi connectivity index (χ0n) is 18.0. The van der Waals surface area contributed by atoms with Crippen LogP contribution in [-0.2, 0) is 20.9 Å². The SMILES string of the molecule is CC1=C(C(=O)OCc2ccccc2)C(c2ccc(Cl)cc2Cl)NC(=O)N1CCCCC(=O)O. The number of carbonyl (C=O) groups is 3. The van der Waals surface area contributed by atoms with Crippen LogP contribution in [0.3, 0.4) is 0 Å². The van der Waals surface area contributed by atoms with Crippen LogP contribution in [-0.4, -0.2) is 34.5 Å². The van der Waals surface area contributed by atoms with Crippen LogP contribution in [0, 0.1) is 0 Å². The summed E-state index contributed by atoms with van der Waals surface area (Å²) in [5, 5.41) is 12.4. The Morgan fingerprint density at radius 2 is 1.85 bits per heavy atom. The fourth-order valence-corrected chi connectivity index (χ4v) is 4.15. The molecule has 0 saturated carbocycles. The van der Waals surface area contributed by atoms with E-state index in [9.17, 15) is 14.4 Å². The fraction of sp³-hybridized carbons (Fsp3) is 0.292. The number of ether oxygens (including phenoxy) is 1. The Labute approximate surface area is 201 Å². The van der Waals surface area contributed by atoms with Gasteiger partial charge in [-0.2, -0.15) is 0 Å². The summed E-state index contributed by atoms with van der Waals surface area (Å²) in [4.78, 5) is 38.3. The van der Waals surface area contributed by atoms with Gasteiger partial charge in [0, 0.05) is 28.7 Å². The largest absolute Gasteiger partial charge is 0.481 e. The van der Waals surface area contributed by atoms with Crippen LogP contribution in [0.2, 0.25) is 10.0 Å². The maximum Gasteiger partial charge on any atom is 0.338 e. The van der Waals surface area contributed by atoms with Crippen molar-refractivity contribution in [2.45, 2.75) is 38.8 Å². The first-order valence-corrected chi connectivity index (χ1v) is 11.2. The van der Waals surface area contributed by atoms with Gasteiger partial charge in [0.05, 0.1) is 11.6 Å². The first-order chi connectivity index (χ1) is 15.8. The van der Waals surface area contributed by atoms with Gasteiger partial charge in [-0.25, -0.2) is 9.59 Å². The van der Waals surface area contributed by atoms with E-state index >= 15 is 0 Å². The average molecular weight is 491 g/mol. The Balaban J connectivity index is 1.90. The normalized spacial score (nSPS) is 15.9. The first-order valence-electron chi connectivity index (χ1n) is 10.4. The lowest BCUT2D eigenvalue weighted by atomic mass is 9.94. The standard InChI is InChI=1S/C24H24Cl2N2O5/c1-15-21(23(31)33-14-16-7-3-2-4-8-16)22(18-11-10-17(25)13-19(18)26)27-24(32)28(15)12-6-5-9-20(29)30/h2-4,7-8,10-11,13,22H,5-6,9,12,14H2,1H3,(H,27,32)(H,29,30). The first kappa shape index (κ1) is 24.6. The van der Waals surface area contributed by atoms with Gasteiger partial charge in [-0.3, -0.25) is 9.69 Å². The third-order valence-electron chi connectivity index (χ3n) is 5.32. The van der Waals surface area contributed by atoms with Gasteiger partial charge < -0.3 is 15.2 Å². The summed E-state index contributed by atoms with van der Waals surface area (Å²) in [5.74, 6) is -1.48. The molecule has 33 heavy (non-hydrogen) atoms. The number of carboxylic acids is 1. The summed E-state index contributed by atoms with van der Waals surface area (Å²) in [5.41, 5.74) is 2.04. The van der Waals surface area contributed by atoms with Gasteiger partial charge in [-0.15, -0.1) is 0 Å². The van der Waals surface area contributed by atoms with Gasteiger partial charge in [-0.1, -0.05) is 59.6 Å². The number of esters is 1. The third-order valence-corrected chi connectivity index (χ3v) is 5.89. The molecule has 0 aromatic heterocycles. The van der Waals surface area contributed by atoms with Crippen molar-refractivity contribution in [2.75, 3.05) is 6.54 Å². The molecular weight excluding hydrogens is 467 g/mol. The highest BCUT2D eigenvalue weighted by molar-refractivity contribution is 6.35. The second-order valence-electron chi connectivity index (χ2n) is 7.61. The minimum atomic E-state index is -0.895. The van der Waals surface area contributed by atoms with Crippen LogP contribution in [0.25, 0.3) is 0 Å². The predicted molar refractivity (Wildman–Crippen MR) is 125 cm³/mol. The van der Waals surface area contributed by atoms with Crippen LogP contribution in [0.4, 0.5) is 4.79 Å². The van der Waals surface area contributed by atoms with E-state index in [0.717, 1.165) is 5.56 Å². The second-order valence-corrected chi connectivity index (χ2v) is 8.46. The molecule has 9 heteroatoms. The summed E-state index contributed by atoms with van der Waals surface area (Å²) in [6, 6.07) is 12.9. The second kappa shape index (κ2) is 11.2. The van der Waals surface area contributed by atoms with Crippen LogP contribution >= 0.6 is 23.2 Å². The van der Waals surface area contributed by atoms with E-state index in [1.54, 1.807) is 25.1 Å². The maximum absolute atomic E-state index is 13.2. The van der Waals surface area contributed by atoms with E-state index in [-0.39, 0.29) is 25.1 Å². The Morgan fingerprint density at radius 3 is 2.52 bits per heavy atom. The molecule has 0 radical (unpaired) electrons. The third kappa shape index (κ3) is 6.27. The number of benzene rings is 2. The number of halogens is 2. The highest BCUT2D eigenvalue weighted by Crippen LogP contribution is 2.36. The molecule has 0 spiro atoms. The number of nitrogens with one attached hydrogen (secondary N) is 1. The molecule has 2 N–H and O–H groups in total. The van der Waals surface area contributed by atoms with E-state index in [2.05, 4.69) is 5.32 Å². The fourth-order valence-electron chi connectivity index (χ4n) is 3.63. The Morgan fingerprint density at radius 1 is 1.12 bits per heavy atom. The molecule has 0 aliphatic carbocycles. The average Bonchev–Trinajstić information content (AvgIpc) is 2.77. The van der Waals surface area contributed by atoms with Crippen LogP contribution < -0.4 is 5.32 Å². The number of hydrogen-bond acceptors (Lipinski definition) is 4. The minimum Gasteiger partial charge on any atom is -0.481 e. The number of aliphatic carboxylic acids is 1. The molecule has 0 fully saturated rings. The molecule has 1 atom stereocenters. The van der Waals surface area contributed by atoms with Crippen LogP contribution in [0.5, 0.6) is 0 Å². The summed E-state index contributed by atoms with van der Waals surface area (Å²) in [6.45, 7) is 2.01.